The third kappa shape index (κ3) is 3.75. The molecule has 140 valence electrons. The molecule has 1 aliphatic rings. The lowest BCUT2D eigenvalue weighted by Crippen LogP contribution is -2.34. The molecule has 1 aromatic carbocycles. The Labute approximate surface area is 157 Å². The van der Waals surface area contributed by atoms with Gasteiger partial charge in [0.05, 0.1) is 7.11 Å². The van der Waals surface area contributed by atoms with E-state index in [1.807, 2.05) is 24.3 Å². The molecule has 3 aromatic rings. The average molecular weight is 366 g/mol. The van der Waals surface area contributed by atoms with Crippen LogP contribution in [0, 0.1) is 0 Å². The molecule has 3 heterocycles. The number of benzene rings is 1. The van der Waals surface area contributed by atoms with Crippen LogP contribution in [0.5, 0.6) is 5.88 Å². The maximum Gasteiger partial charge on any atom is 0.230 e. The number of nitrogens with zero attached hydrogens (tertiary/aromatic N) is 5. The first-order chi connectivity index (χ1) is 13.3. The summed E-state index contributed by atoms with van der Waals surface area (Å²) in [5.41, 5.74) is 7.65. The van der Waals surface area contributed by atoms with Crippen LogP contribution in [0.2, 0.25) is 0 Å². The van der Waals surface area contributed by atoms with Gasteiger partial charge in [-0.15, -0.1) is 0 Å². The van der Waals surface area contributed by atoms with Crippen LogP contribution < -0.4 is 15.4 Å². The molecule has 0 radical (unpaired) electrons. The minimum Gasteiger partial charge on any atom is -0.481 e. The second-order valence-electron chi connectivity index (χ2n) is 6.52. The molecular weight excluding hydrogens is 344 g/mol. The summed E-state index contributed by atoms with van der Waals surface area (Å²) >= 11 is 0. The number of hydrogen-bond donors (Lipinski definition) is 1. The van der Waals surface area contributed by atoms with Gasteiger partial charge in [0.25, 0.3) is 0 Å². The van der Waals surface area contributed by atoms with E-state index in [9.17, 15) is 0 Å². The van der Waals surface area contributed by atoms with Crippen LogP contribution in [-0.2, 0) is 6.54 Å². The van der Waals surface area contributed by atoms with Gasteiger partial charge in [0.1, 0.15) is 0 Å². The lowest BCUT2D eigenvalue weighted by Gasteiger charge is -2.30. The van der Waals surface area contributed by atoms with E-state index in [0.717, 1.165) is 37.1 Å². The summed E-state index contributed by atoms with van der Waals surface area (Å²) in [6.45, 7) is 2.19. The Morgan fingerprint density at radius 2 is 1.93 bits per heavy atom. The van der Waals surface area contributed by atoms with E-state index in [-0.39, 0.29) is 5.92 Å². The fourth-order valence-electron chi connectivity index (χ4n) is 3.23. The van der Waals surface area contributed by atoms with Crippen molar-refractivity contribution in [2.75, 3.05) is 25.1 Å². The second-order valence-corrected chi connectivity index (χ2v) is 6.52. The average Bonchev–Trinajstić information content (AvgIpc) is 3.24. The van der Waals surface area contributed by atoms with E-state index < -0.39 is 0 Å². The van der Waals surface area contributed by atoms with E-state index in [1.165, 1.54) is 0 Å². The summed E-state index contributed by atoms with van der Waals surface area (Å²) in [6, 6.07) is 9.66. The molecule has 0 spiro atoms. The van der Waals surface area contributed by atoms with E-state index >= 15 is 0 Å². The fourth-order valence-corrected chi connectivity index (χ4v) is 3.23. The lowest BCUT2D eigenvalue weighted by atomic mass is 9.97. The molecule has 0 amide bonds. The second kappa shape index (κ2) is 7.71. The Balaban J connectivity index is 1.41. The van der Waals surface area contributed by atoms with Gasteiger partial charge in [-0.2, -0.15) is 9.97 Å². The van der Waals surface area contributed by atoms with Crippen molar-refractivity contribution in [2.45, 2.75) is 25.3 Å². The Hall–Kier alpha value is -3.00. The zero-order valence-electron chi connectivity index (χ0n) is 15.2. The van der Waals surface area contributed by atoms with Crippen molar-refractivity contribution in [3.8, 4) is 17.3 Å². The molecule has 0 aliphatic carbocycles. The van der Waals surface area contributed by atoms with Crippen LogP contribution in [0.4, 0.5) is 5.95 Å². The van der Waals surface area contributed by atoms with Crippen molar-refractivity contribution in [3.05, 3.63) is 48.0 Å². The molecule has 1 saturated heterocycles. The van der Waals surface area contributed by atoms with Gasteiger partial charge in [-0.25, -0.2) is 4.98 Å². The quantitative estimate of drug-likeness (QED) is 0.734. The van der Waals surface area contributed by atoms with Gasteiger partial charge in [-0.3, -0.25) is 0 Å². The molecule has 8 nitrogen and oxygen atoms in total. The summed E-state index contributed by atoms with van der Waals surface area (Å²) < 4.78 is 10.7. The van der Waals surface area contributed by atoms with Gasteiger partial charge >= 0.3 is 0 Å². The predicted molar refractivity (Wildman–Crippen MR) is 100 cm³/mol. The highest BCUT2D eigenvalue weighted by molar-refractivity contribution is 5.54. The first-order valence-corrected chi connectivity index (χ1v) is 9.02. The highest BCUT2D eigenvalue weighted by atomic mass is 16.5. The Morgan fingerprint density at radius 3 is 2.63 bits per heavy atom. The van der Waals surface area contributed by atoms with Crippen LogP contribution >= 0.6 is 0 Å². The summed E-state index contributed by atoms with van der Waals surface area (Å²) in [7, 11) is 1.61. The molecular formula is C19H22N6O2. The smallest absolute Gasteiger partial charge is 0.230 e. The highest BCUT2D eigenvalue weighted by Gasteiger charge is 2.26. The third-order valence-electron chi connectivity index (χ3n) is 4.84. The van der Waals surface area contributed by atoms with Crippen molar-refractivity contribution < 1.29 is 9.26 Å². The summed E-state index contributed by atoms with van der Waals surface area (Å²) in [5.74, 6) is 2.82. The zero-order valence-corrected chi connectivity index (χ0v) is 15.2. The first kappa shape index (κ1) is 17.4. The zero-order chi connectivity index (χ0) is 18.6. The summed E-state index contributed by atoms with van der Waals surface area (Å²) in [5, 5.41) is 4.14. The largest absolute Gasteiger partial charge is 0.481 e. The standard InChI is InChI=1S/C19H22N6O2/c1-26-16-6-9-21-19(22-16)25-10-7-15(8-11-25)18-23-17(24-27-18)14-4-2-13(12-20)3-5-14/h2-6,9,15H,7-8,10-12,20H2,1H3. The molecule has 1 fully saturated rings. The van der Waals surface area contributed by atoms with Crippen LogP contribution in [0.25, 0.3) is 11.4 Å². The minimum absolute atomic E-state index is 0.247. The number of aromatic nitrogens is 4. The van der Waals surface area contributed by atoms with E-state index in [2.05, 4.69) is 25.0 Å². The van der Waals surface area contributed by atoms with Crippen LogP contribution in [0.15, 0.2) is 41.1 Å². The molecule has 0 saturated carbocycles. The lowest BCUT2D eigenvalue weighted by molar-refractivity contribution is 0.328. The van der Waals surface area contributed by atoms with Gasteiger partial charge in [-0.05, 0) is 18.4 Å². The summed E-state index contributed by atoms with van der Waals surface area (Å²) in [4.78, 5) is 15.5. The molecule has 2 N–H and O–H groups in total. The van der Waals surface area contributed by atoms with E-state index in [1.54, 1.807) is 19.4 Å². The number of ether oxygens (including phenoxy) is 1. The van der Waals surface area contributed by atoms with Crippen molar-refractivity contribution in [1.29, 1.82) is 0 Å². The number of rotatable bonds is 5. The molecule has 2 aromatic heterocycles. The van der Waals surface area contributed by atoms with Gasteiger partial charge < -0.3 is 19.9 Å². The van der Waals surface area contributed by atoms with E-state index in [4.69, 9.17) is 15.0 Å². The fraction of sp³-hybridized carbons (Fsp3) is 0.368. The van der Waals surface area contributed by atoms with Gasteiger partial charge in [0.15, 0.2) is 0 Å². The summed E-state index contributed by atoms with van der Waals surface area (Å²) in [6.07, 6.45) is 3.54. The molecule has 0 atom stereocenters. The van der Waals surface area contributed by atoms with Crippen molar-refractivity contribution in [1.82, 2.24) is 20.1 Å². The molecule has 4 rings (SSSR count). The van der Waals surface area contributed by atoms with Crippen molar-refractivity contribution >= 4 is 5.95 Å². The molecule has 8 heteroatoms. The molecule has 0 bridgehead atoms. The van der Waals surface area contributed by atoms with Crippen molar-refractivity contribution in [2.24, 2.45) is 5.73 Å². The number of hydrogen-bond acceptors (Lipinski definition) is 8. The minimum atomic E-state index is 0.247. The van der Waals surface area contributed by atoms with E-state index in [0.29, 0.717) is 30.1 Å². The SMILES string of the molecule is COc1ccnc(N2CCC(c3nc(-c4ccc(CN)cc4)no3)CC2)n1. The Kier molecular flexibility index (Phi) is 4.97. The normalized spacial score (nSPS) is 15.1. The molecule has 1 aliphatic heterocycles. The molecule has 0 unspecified atom stereocenters. The topological polar surface area (TPSA) is 103 Å². The predicted octanol–water partition coefficient (Wildman–Crippen LogP) is 2.38. The number of anilines is 1. The number of piperidine rings is 1. The number of nitrogens with two attached hydrogens (primary N) is 1. The highest BCUT2D eigenvalue weighted by Crippen LogP contribution is 2.30. The molecule has 27 heavy (non-hydrogen) atoms. The maximum absolute atomic E-state index is 5.64. The van der Waals surface area contributed by atoms with Gasteiger partial charge in [0.2, 0.25) is 23.5 Å². The first-order valence-electron chi connectivity index (χ1n) is 9.02. The maximum atomic E-state index is 5.64. The van der Waals surface area contributed by atoms with Crippen molar-refractivity contribution in [3.63, 3.8) is 0 Å². The number of methoxy groups -OCH3 is 1. The monoisotopic (exact) mass is 366 g/mol. The van der Waals surface area contributed by atoms with Crippen LogP contribution in [0.1, 0.15) is 30.2 Å². The van der Waals surface area contributed by atoms with Crippen LogP contribution in [-0.4, -0.2) is 40.3 Å². The Bertz CT molecular complexity index is 887. The van der Waals surface area contributed by atoms with Gasteiger partial charge in [-0.1, -0.05) is 29.4 Å². The third-order valence-corrected chi connectivity index (χ3v) is 4.84. The van der Waals surface area contributed by atoms with Gasteiger partial charge in [0, 0.05) is 43.4 Å². The van der Waals surface area contributed by atoms with Crippen LogP contribution in [0.3, 0.4) is 0 Å². The Morgan fingerprint density at radius 1 is 1.15 bits per heavy atom.